The Labute approximate surface area is 153 Å². The van der Waals surface area contributed by atoms with Gasteiger partial charge in [0.15, 0.2) is 0 Å². The summed E-state index contributed by atoms with van der Waals surface area (Å²) in [6.07, 6.45) is 2.32. The highest BCUT2D eigenvalue weighted by Crippen LogP contribution is 2.22. The zero-order valence-electron chi connectivity index (χ0n) is 15.4. The van der Waals surface area contributed by atoms with Crippen molar-refractivity contribution in [3.05, 3.63) is 30.1 Å². The van der Waals surface area contributed by atoms with Gasteiger partial charge in [-0.05, 0) is 31.9 Å². The average Bonchev–Trinajstić information content (AvgIpc) is 3.01. The van der Waals surface area contributed by atoms with E-state index < -0.39 is 0 Å². The Hall–Kier alpha value is -2.57. The molecule has 0 saturated carbocycles. The molecular weight excluding hydrogens is 332 g/mol. The molecule has 0 radical (unpaired) electrons. The van der Waals surface area contributed by atoms with E-state index in [2.05, 4.69) is 17.2 Å². The van der Waals surface area contributed by atoms with Crippen LogP contribution in [0.25, 0.3) is 11.0 Å². The van der Waals surface area contributed by atoms with Crippen LogP contribution in [0, 0.1) is 0 Å². The molecule has 1 aromatic heterocycles. The van der Waals surface area contributed by atoms with Crippen LogP contribution in [0.5, 0.6) is 0 Å². The van der Waals surface area contributed by atoms with E-state index in [1.165, 1.54) is 0 Å². The third kappa shape index (κ3) is 3.81. The van der Waals surface area contributed by atoms with Crippen LogP contribution >= 0.6 is 0 Å². The standard InChI is InChI=1S/C19H26N4O3/c1-3-7-17-21-15-8-4-5-9-16(15)23(17)14(2)18(24)20-10-12-22-11-6-13-26-19(22)25/h4-5,8-9,14H,3,6-7,10-13H2,1-2H3,(H,20,24)/t14-/m0/s1. The zero-order chi connectivity index (χ0) is 18.5. The Kier molecular flexibility index (Phi) is 5.75. The number of para-hydroxylation sites is 2. The van der Waals surface area contributed by atoms with Gasteiger partial charge in [-0.1, -0.05) is 19.1 Å². The summed E-state index contributed by atoms with van der Waals surface area (Å²) in [6.45, 7) is 6.02. The number of fused-ring (bicyclic) bond motifs is 1. The molecule has 140 valence electrons. The molecular formula is C19H26N4O3. The number of nitrogens with zero attached hydrogens (tertiary/aromatic N) is 3. The van der Waals surface area contributed by atoms with Crippen LogP contribution in [0.1, 0.15) is 38.6 Å². The fraction of sp³-hybridized carbons (Fsp3) is 0.526. The summed E-state index contributed by atoms with van der Waals surface area (Å²) >= 11 is 0. The molecule has 26 heavy (non-hydrogen) atoms. The molecule has 7 heteroatoms. The first-order valence-electron chi connectivity index (χ1n) is 9.27. The maximum Gasteiger partial charge on any atom is 0.409 e. The van der Waals surface area contributed by atoms with E-state index in [1.54, 1.807) is 4.90 Å². The van der Waals surface area contributed by atoms with Crippen molar-refractivity contribution in [3.8, 4) is 0 Å². The number of aryl methyl sites for hydroxylation is 1. The molecule has 2 aromatic rings. The van der Waals surface area contributed by atoms with Gasteiger partial charge in [0.2, 0.25) is 5.91 Å². The third-order valence-electron chi connectivity index (χ3n) is 4.65. The number of ether oxygens (including phenoxy) is 1. The van der Waals surface area contributed by atoms with Crippen molar-refractivity contribution < 1.29 is 14.3 Å². The Morgan fingerprint density at radius 2 is 2.19 bits per heavy atom. The molecule has 7 nitrogen and oxygen atoms in total. The highest BCUT2D eigenvalue weighted by molar-refractivity contribution is 5.84. The molecule has 2 heterocycles. The third-order valence-corrected chi connectivity index (χ3v) is 4.65. The van der Waals surface area contributed by atoms with Crippen molar-refractivity contribution in [2.45, 2.75) is 39.2 Å². The summed E-state index contributed by atoms with van der Waals surface area (Å²) < 4.78 is 7.02. The van der Waals surface area contributed by atoms with Crippen LogP contribution in [-0.2, 0) is 16.0 Å². The molecule has 0 unspecified atom stereocenters. The predicted molar refractivity (Wildman–Crippen MR) is 99.0 cm³/mol. The molecule has 3 rings (SSSR count). The molecule has 0 aliphatic carbocycles. The van der Waals surface area contributed by atoms with E-state index in [1.807, 2.05) is 35.8 Å². The van der Waals surface area contributed by atoms with Crippen LogP contribution in [0.15, 0.2) is 24.3 Å². The maximum atomic E-state index is 12.7. The smallest absolute Gasteiger partial charge is 0.409 e. The van der Waals surface area contributed by atoms with Crippen molar-refractivity contribution in [2.24, 2.45) is 0 Å². The molecule has 1 aliphatic heterocycles. The largest absolute Gasteiger partial charge is 0.449 e. The fourth-order valence-corrected chi connectivity index (χ4v) is 3.31. The van der Waals surface area contributed by atoms with Gasteiger partial charge in [-0.25, -0.2) is 9.78 Å². The maximum absolute atomic E-state index is 12.7. The summed E-state index contributed by atoms with van der Waals surface area (Å²) in [5.41, 5.74) is 1.88. The fourth-order valence-electron chi connectivity index (χ4n) is 3.31. The summed E-state index contributed by atoms with van der Waals surface area (Å²) in [5.74, 6) is 0.854. The molecule has 0 spiro atoms. The molecule has 1 fully saturated rings. The van der Waals surface area contributed by atoms with Crippen LogP contribution < -0.4 is 5.32 Å². The number of hydrogen-bond acceptors (Lipinski definition) is 4. The monoisotopic (exact) mass is 358 g/mol. The first-order chi connectivity index (χ1) is 12.6. The zero-order valence-corrected chi connectivity index (χ0v) is 15.4. The molecule has 1 aliphatic rings. The Bertz CT molecular complexity index is 786. The van der Waals surface area contributed by atoms with Crippen molar-refractivity contribution in [2.75, 3.05) is 26.2 Å². The number of nitrogens with one attached hydrogen (secondary N) is 1. The molecule has 1 aromatic carbocycles. The molecule has 1 N–H and O–H groups in total. The molecule has 0 bridgehead atoms. The van der Waals surface area contributed by atoms with Gasteiger partial charge < -0.3 is 19.5 Å². The number of imidazole rings is 1. The van der Waals surface area contributed by atoms with Crippen LogP contribution in [-0.4, -0.2) is 52.7 Å². The van der Waals surface area contributed by atoms with Gasteiger partial charge in [-0.15, -0.1) is 0 Å². The number of carbonyl (C=O) groups excluding carboxylic acids is 2. The minimum atomic E-state index is -0.364. The van der Waals surface area contributed by atoms with Crippen molar-refractivity contribution in [1.82, 2.24) is 19.8 Å². The van der Waals surface area contributed by atoms with Crippen LogP contribution in [0.3, 0.4) is 0 Å². The van der Waals surface area contributed by atoms with E-state index in [0.29, 0.717) is 26.2 Å². The first kappa shape index (κ1) is 18.2. The van der Waals surface area contributed by atoms with Gasteiger partial charge >= 0.3 is 6.09 Å². The van der Waals surface area contributed by atoms with Crippen molar-refractivity contribution in [3.63, 3.8) is 0 Å². The number of cyclic esters (lactones) is 1. The minimum absolute atomic E-state index is 0.0733. The number of hydrogen-bond donors (Lipinski definition) is 1. The number of amides is 2. The highest BCUT2D eigenvalue weighted by Gasteiger charge is 2.22. The normalized spacial score (nSPS) is 15.8. The topological polar surface area (TPSA) is 76.5 Å². The summed E-state index contributed by atoms with van der Waals surface area (Å²) in [5, 5.41) is 2.94. The first-order valence-corrected chi connectivity index (χ1v) is 9.27. The Morgan fingerprint density at radius 1 is 1.38 bits per heavy atom. The van der Waals surface area contributed by atoms with Crippen LogP contribution in [0.4, 0.5) is 4.79 Å². The van der Waals surface area contributed by atoms with Crippen molar-refractivity contribution >= 4 is 23.0 Å². The second kappa shape index (κ2) is 8.21. The average molecular weight is 358 g/mol. The lowest BCUT2D eigenvalue weighted by Gasteiger charge is -2.26. The summed E-state index contributed by atoms with van der Waals surface area (Å²) in [7, 11) is 0. The Balaban J connectivity index is 1.67. The van der Waals surface area contributed by atoms with E-state index in [0.717, 1.165) is 36.1 Å². The lowest BCUT2D eigenvalue weighted by Crippen LogP contribution is -2.43. The van der Waals surface area contributed by atoms with Gasteiger partial charge in [0.05, 0.1) is 17.6 Å². The van der Waals surface area contributed by atoms with E-state index in [-0.39, 0.29) is 18.0 Å². The highest BCUT2D eigenvalue weighted by atomic mass is 16.6. The van der Waals surface area contributed by atoms with Crippen LogP contribution in [0.2, 0.25) is 0 Å². The van der Waals surface area contributed by atoms with E-state index in [4.69, 9.17) is 4.74 Å². The summed E-state index contributed by atoms with van der Waals surface area (Å²) in [4.78, 5) is 30.6. The predicted octanol–water partition coefficient (Wildman–Crippen LogP) is 2.51. The molecule has 2 amide bonds. The lowest BCUT2D eigenvalue weighted by molar-refractivity contribution is -0.123. The van der Waals surface area contributed by atoms with Gasteiger partial charge in [0.1, 0.15) is 11.9 Å². The minimum Gasteiger partial charge on any atom is -0.449 e. The Morgan fingerprint density at radius 3 is 2.96 bits per heavy atom. The second-order valence-corrected chi connectivity index (χ2v) is 6.56. The van der Waals surface area contributed by atoms with E-state index in [9.17, 15) is 9.59 Å². The van der Waals surface area contributed by atoms with Gasteiger partial charge in [0.25, 0.3) is 0 Å². The molecule has 1 saturated heterocycles. The number of rotatable bonds is 7. The number of aromatic nitrogens is 2. The molecule has 1 atom stereocenters. The quantitative estimate of drug-likeness (QED) is 0.825. The van der Waals surface area contributed by atoms with Gasteiger partial charge in [-0.3, -0.25) is 4.79 Å². The number of carbonyl (C=O) groups is 2. The lowest BCUT2D eigenvalue weighted by atomic mass is 10.2. The SMILES string of the molecule is CCCc1nc2ccccc2n1[C@@H](C)C(=O)NCCN1CCCOC1=O. The summed E-state index contributed by atoms with van der Waals surface area (Å²) in [6, 6.07) is 7.52. The van der Waals surface area contributed by atoms with Crippen molar-refractivity contribution in [1.29, 1.82) is 0 Å². The van der Waals surface area contributed by atoms with Gasteiger partial charge in [-0.2, -0.15) is 0 Å². The van der Waals surface area contributed by atoms with Gasteiger partial charge in [0, 0.05) is 26.1 Å². The van der Waals surface area contributed by atoms with E-state index >= 15 is 0 Å². The second-order valence-electron chi connectivity index (χ2n) is 6.56. The number of benzene rings is 1.